The summed E-state index contributed by atoms with van der Waals surface area (Å²) in [6.07, 6.45) is 7.21. The highest BCUT2D eigenvalue weighted by Gasteiger charge is 2.52. The zero-order valence-corrected chi connectivity index (χ0v) is 19.7. The molecule has 132 valence electrons. The minimum Gasteiger partial charge on any atom is -0.452 e. The minimum absolute atomic E-state index is 1.07. The molecule has 1 aromatic rings. The Balaban J connectivity index is 1.67. The van der Waals surface area contributed by atoms with Gasteiger partial charge in [-0.1, -0.05) is 53.8 Å². The van der Waals surface area contributed by atoms with E-state index in [1.54, 1.807) is 21.5 Å². The lowest BCUT2D eigenvalue weighted by Gasteiger charge is -2.32. The third kappa shape index (κ3) is 2.83. The molecular weight excluding hydrogens is 352 g/mol. The molecule has 0 atom stereocenters. The molecule has 1 aromatic carbocycles. The van der Waals surface area contributed by atoms with Gasteiger partial charge in [0.25, 0.3) is 0 Å². The van der Waals surface area contributed by atoms with Crippen LogP contribution in [0.1, 0.15) is 23.1 Å². The van der Waals surface area contributed by atoms with Gasteiger partial charge in [0.15, 0.2) is 8.32 Å². The van der Waals surface area contributed by atoms with E-state index in [-0.39, 0.29) is 0 Å². The molecule has 4 heteroatoms. The van der Waals surface area contributed by atoms with E-state index in [1.165, 1.54) is 22.8 Å². The number of allylic oxidation sites excluding steroid dienone is 5. The third-order valence-corrected chi connectivity index (χ3v) is 15.6. The second-order valence-corrected chi connectivity index (χ2v) is 22.7. The van der Waals surface area contributed by atoms with Gasteiger partial charge in [-0.2, -0.15) is 0 Å². The summed E-state index contributed by atoms with van der Waals surface area (Å²) in [6, 6.07) is 6.95. The van der Waals surface area contributed by atoms with E-state index in [0.29, 0.717) is 0 Å². The second kappa shape index (κ2) is 5.29. The summed E-state index contributed by atoms with van der Waals surface area (Å²) in [5.74, 6) is 0. The molecule has 0 bridgehead atoms. The zero-order chi connectivity index (χ0) is 18.2. The fourth-order valence-electron chi connectivity index (χ4n) is 4.78. The SMILES string of the molecule is C[Si](C)(C)O[Si](C)(C)C1=CCC(c2cccc3c2C2=C(C3)[Si]2(C)C)=C1. The van der Waals surface area contributed by atoms with Crippen LogP contribution in [0.3, 0.4) is 0 Å². The molecule has 1 heterocycles. The maximum absolute atomic E-state index is 6.61. The van der Waals surface area contributed by atoms with E-state index in [4.69, 9.17) is 4.12 Å². The van der Waals surface area contributed by atoms with Gasteiger partial charge < -0.3 is 4.12 Å². The molecule has 3 aliphatic rings. The molecular formula is C21H30OSi3. The Morgan fingerprint density at radius 1 is 1.04 bits per heavy atom. The van der Waals surface area contributed by atoms with E-state index in [0.717, 1.165) is 6.42 Å². The van der Waals surface area contributed by atoms with Gasteiger partial charge in [-0.25, -0.2) is 0 Å². The van der Waals surface area contributed by atoms with Gasteiger partial charge in [-0.3, -0.25) is 0 Å². The topological polar surface area (TPSA) is 9.23 Å². The first kappa shape index (κ1) is 17.5. The molecule has 0 radical (unpaired) electrons. The lowest BCUT2D eigenvalue weighted by atomic mass is 9.96. The average molecular weight is 383 g/mol. The molecule has 25 heavy (non-hydrogen) atoms. The minimum atomic E-state index is -1.80. The monoisotopic (exact) mass is 382 g/mol. The van der Waals surface area contributed by atoms with Crippen LogP contribution in [0.2, 0.25) is 45.8 Å². The summed E-state index contributed by atoms with van der Waals surface area (Å²) in [4.78, 5) is 0. The van der Waals surface area contributed by atoms with Crippen molar-refractivity contribution < 1.29 is 4.12 Å². The summed E-state index contributed by atoms with van der Waals surface area (Å²) >= 11 is 0. The van der Waals surface area contributed by atoms with Gasteiger partial charge in [0.2, 0.25) is 8.32 Å². The normalized spacial score (nSPS) is 21.1. The van der Waals surface area contributed by atoms with Crippen LogP contribution >= 0.6 is 0 Å². The van der Waals surface area contributed by atoms with Crippen LogP contribution in [0.4, 0.5) is 0 Å². The van der Waals surface area contributed by atoms with Crippen molar-refractivity contribution >= 4 is 35.5 Å². The van der Waals surface area contributed by atoms with E-state index in [1.807, 2.05) is 0 Å². The maximum Gasteiger partial charge on any atom is 0.205 e. The van der Waals surface area contributed by atoms with E-state index in [2.05, 4.69) is 76.2 Å². The van der Waals surface area contributed by atoms with Crippen molar-refractivity contribution in [3.63, 3.8) is 0 Å². The van der Waals surface area contributed by atoms with Crippen molar-refractivity contribution in [3.8, 4) is 0 Å². The highest BCUT2D eigenvalue weighted by Crippen LogP contribution is 2.57. The van der Waals surface area contributed by atoms with Crippen LogP contribution in [0.5, 0.6) is 0 Å². The fraction of sp³-hybridized carbons (Fsp3) is 0.429. The van der Waals surface area contributed by atoms with E-state index in [9.17, 15) is 0 Å². The summed E-state index contributed by atoms with van der Waals surface area (Å²) in [5.41, 5.74) is 6.20. The van der Waals surface area contributed by atoms with Gasteiger partial charge in [-0.15, -0.1) is 0 Å². The van der Waals surface area contributed by atoms with E-state index >= 15 is 0 Å². The highest BCUT2D eigenvalue weighted by molar-refractivity contribution is 7.13. The Kier molecular flexibility index (Phi) is 3.69. The zero-order valence-electron chi connectivity index (χ0n) is 16.7. The molecule has 0 amide bonds. The number of hydrogen-bond acceptors (Lipinski definition) is 1. The average Bonchev–Trinajstić information content (AvgIpc) is 2.94. The molecule has 1 aliphatic heterocycles. The Hall–Kier alpha value is -0.949. The predicted octanol–water partition coefficient (Wildman–Crippen LogP) is 6.11. The lowest BCUT2D eigenvalue weighted by Crippen LogP contribution is -2.43. The molecule has 0 aromatic heterocycles. The Labute approximate surface area is 155 Å². The van der Waals surface area contributed by atoms with Crippen LogP contribution in [-0.2, 0) is 10.5 Å². The fourth-order valence-corrected chi connectivity index (χ4v) is 16.1. The molecule has 0 unspecified atom stereocenters. The van der Waals surface area contributed by atoms with E-state index < -0.39 is 24.7 Å². The molecule has 0 saturated heterocycles. The third-order valence-electron chi connectivity index (χ3n) is 5.86. The van der Waals surface area contributed by atoms with Gasteiger partial charge in [0.05, 0.1) is 0 Å². The predicted molar refractivity (Wildman–Crippen MR) is 117 cm³/mol. The first-order chi connectivity index (χ1) is 11.5. The quantitative estimate of drug-likeness (QED) is 0.571. The number of rotatable bonds is 4. The molecule has 2 aliphatic carbocycles. The van der Waals surface area contributed by atoms with Crippen molar-refractivity contribution in [1.82, 2.24) is 0 Å². The first-order valence-electron chi connectivity index (χ1n) is 9.49. The Morgan fingerprint density at radius 2 is 1.76 bits per heavy atom. The van der Waals surface area contributed by atoms with Crippen molar-refractivity contribution in [2.45, 2.75) is 58.7 Å². The number of hydrogen-bond donors (Lipinski definition) is 0. The molecule has 0 spiro atoms. The lowest BCUT2D eigenvalue weighted by molar-refractivity contribution is 0.562. The Morgan fingerprint density at radius 3 is 2.44 bits per heavy atom. The van der Waals surface area contributed by atoms with Crippen LogP contribution in [-0.4, -0.2) is 24.7 Å². The number of benzene rings is 1. The van der Waals surface area contributed by atoms with Crippen LogP contribution < -0.4 is 0 Å². The first-order valence-corrected chi connectivity index (χ1v) is 18.8. The van der Waals surface area contributed by atoms with Crippen LogP contribution in [0, 0.1) is 0 Å². The van der Waals surface area contributed by atoms with Gasteiger partial charge >= 0.3 is 0 Å². The molecule has 0 N–H and O–H groups in total. The molecule has 0 saturated carbocycles. The summed E-state index contributed by atoms with van der Waals surface area (Å²) in [6.45, 7) is 16.7. The summed E-state index contributed by atoms with van der Waals surface area (Å²) in [5, 5.41) is 5.06. The standard InChI is InChI=1S/C21H30OSi3/c1-23(2,3)22-25(6,7)17-12-11-15(13-17)18-10-8-9-16-14-19-21(20(16)18)24(19,4)5/h8-10,12-13H,11,14H2,1-7H3. The molecule has 4 rings (SSSR count). The van der Waals surface area contributed by atoms with Gasteiger partial charge in [-0.05, 0) is 73.0 Å². The van der Waals surface area contributed by atoms with Crippen molar-refractivity contribution in [2.24, 2.45) is 0 Å². The molecule has 1 nitrogen and oxygen atoms in total. The summed E-state index contributed by atoms with van der Waals surface area (Å²) < 4.78 is 6.61. The molecule has 0 fully saturated rings. The van der Waals surface area contributed by atoms with Crippen molar-refractivity contribution in [2.75, 3.05) is 0 Å². The second-order valence-electron chi connectivity index (χ2n) is 9.75. The maximum atomic E-state index is 6.61. The Bertz CT molecular complexity index is 864. The van der Waals surface area contributed by atoms with Gasteiger partial charge in [0.1, 0.15) is 8.07 Å². The van der Waals surface area contributed by atoms with Gasteiger partial charge in [0, 0.05) is 0 Å². The largest absolute Gasteiger partial charge is 0.452 e. The number of fused-ring (bicyclic) bond motifs is 2. The highest BCUT2D eigenvalue weighted by atomic mass is 28.4. The van der Waals surface area contributed by atoms with Crippen LogP contribution in [0.25, 0.3) is 10.8 Å². The smallest absolute Gasteiger partial charge is 0.205 e. The summed E-state index contributed by atoms with van der Waals surface area (Å²) in [7, 11) is -4.46. The van der Waals surface area contributed by atoms with Crippen molar-refractivity contribution in [3.05, 3.63) is 57.4 Å². The van der Waals surface area contributed by atoms with Crippen LogP contribution in [0.15, 0.2) is 40.7 Å². The van der Waals surface area contributed by atoms with Crippen molar-refractivity contribution in [1.29, 1.82) is 0 Å².